The van der Waals surface area contributed by atoms with Crippen LogP contribution in [-0.4, -0.2) is 9.97 Å². The maximum atomic E-state index is 9.93. The molecule has 4 aromatic rings. The first-order valence-electron chi connectivity index (χ1n) is 12.1. The van der Waals surface area contributed by atoms with Gasteiger partial charge in [-0.3, -0.25) is 9.97 Å². The largest absolute Gasteiger partial charge is 0.377 e. The molecule has 186 valence electrons. The lowest BCUT2D eigenvalue weighted by atomic mass is 10.0. The first kappa shape index (κ1) is 24.4. The number of nitrogens with zero attached hydrogens (tertiary/aromatic N) is 3. The first-order chi connectivity index (χ1) is 18.1. The van der Waals surface area contributed by atoms with Gasteiger partial charge in [0.25, 0.3) is 0 Å². The fourth-order valence-electron chi connectivity index (χ4n) is 4.57. The number of anilines is 2. The number of hydrogen-bond acceptors (Lipinski definition) is 8. The van der Waals surface area contributed by atoms with E-state index in [1.165, 1.54) is 0 Å². The lowest BCUT2D eigenvalue weighted by Crippen LogP contribution is -2.34. The third-order valence-electron chi connectivity index (χ3n) is 6.46. The van der Waals surface area contributed by atoms with E-state index >= 15 is 0 Å². The van der Waals surface area contributed by atoms with Crippen LogP contribution in [-0.2, 0) is 0 Å². The molecule has 0 radical (unpaired) electrons. The standard InChI is InChI=1S/C28H27ClN8/c1-3-24(18-8-5-4-6-9-18)35-26-19(14-30)15-32-27-22(26)12-20(13-23(27)29)34-28(25-16-33-37-36-25)21-10-7-11-31-17(21)2/h4-13,15-16,24,28,33-34,36-37H,3H2,1-2H3,(H,32,35)/t24-,28+/m1/s1. The highest BCUT2D eigenvalue weighted by Gasteiger charge is 2.23. The van der Waals surface area contributed by atoms with Crippen LogP contribution in [0, 0.1) is 18.3 Å². The summed E-state index contributed by atoms with van der Waals surface area (Å²) in [5.74, 6) is 0. The third-order valence-corrected chi connectivity index (χ3v) is 6.75. The molecule has 0 amide bonds. The minimum absolute atomic E-state index is 0.0186. The average Bonchev–Trinajstić information content (AvgIpc) is 3.46. The molecule has 0 aliphatic carbocycles. The van der Waals surface area contributed by atoms with Gasteiger partial charge in [-0.2, -0.15) is 10.8 Å². The highest BCUT2D eigenvalue weighted by molar-refractivity contribution is 6.35. The van der Waals surface area contributed by atoms with Crippen molar-refractivity contribution in [2.45, 2.75) is 32.4 Å². The first-order valence-corrected chi connectivity index (χ1v) is 12.4. The molecule has 9 heteroatoms. The predicted molar refractivity (Wildman–Crippen MR) is 147 cm³/mol. The van der Waals surface area contributed by atoms with Crippen molar-refractivity contribution in [3.8, 4) is 6.07 Å². The summed E-state index contributed by atoms with van der Waals surface area (Å²) in [6.07, 6.45) is 6.06. The van der Waals surface area contributed by atoms with Crippen LogP contribution in [0.4, 0.5) is 11.4 Å². The van der Waals surface area contributed by atoms with E-state index < -0.39 is 0 Å². The second-order valence-electron chi connectivity index (χ2n) is 8.78. The summed E-state index contributed by atoms with van der Waals surface area (Å²) in [7, 11) is 0. The molecule has 2 atom stereocenters. The van der Waals surface area contributed by atoms with Crippen LogP contribution in [0.3, 0.4) is 0 Å². The average molecular weight is 511 g/mol. The Labute approximate surface area is 220 Å². The number of benzene rings is 2. The molecule has 1 aliphatic heterocycles. The lowest BCUT2D eigenvalue weighted by Gasteiger charge is -2.24. The molecular weight excluding hydrogens is 484 g/mol. The molecule has 37 heavy (non-hydrogen) atoms. The van der Waals surface area contributed by atoms with Gasteiger partial charge >= 0.3 is 0 Å². The number of hydrazine groups is 2. The number of aromatic nitrogens is 2. The molecule has 2 aromatic carbocycles. The molecule has 0 saturated heterocycles. The maximum Gasteiger partial charge on any atom is 0.103 e. The molecule has 0 saturated carbocycles. The van der Waals surface area contributed by atoms with E-state index in [4.69, 9.17) is 11.6 Å². The summed E-state index contributed by atoms with van der Waals surface area (Å²) in [6, 6.07) is 20.1. The van der Waals surface area contributed by atoms with Crippen molar-refractivity contribution in [2.24, 2.45) is 0 Å². The minimum Gasteiger partial charge on any atom is -0.377 e. The number of nitriles is 1. The zero-order chi connectivity index (χ0) is 25.8. The Balaban J connectivity index is 1.59. The third kappa shape index (κ3) is 5.00. The topological polar surface area (TPSA) is 110 Å². The van der Waals surface area contributed by atoms with Gasteiger partial charge in [-0.25, -0.2) is 0 Å². The molecule has 0 bridgehead atoms. The Morgan fingerprint density at radius 3 is 2.62 bits per heavy atom. The van der Waals surface area contributed by atoms with E-state index in [1.807, 2.05) is 55.6 Å². The lowest BCUT2D eigenvalue weighted by molar-refractivity contribution is 0.582. The van der Waals surface area contributed by atoms with Crippen molar-refractivity contribution in [3.05, 3.63) is 106 Å². The van der Waals surface area contributed by atoms with E-state index in [0.29, 0.717) is 21.8 Å². The van der Waals surface area contributed by atoms with Gasteiger partial charge < -0.3 is 21.5 Å². The highest BCUT2D eigenvalue weighted by Crippen LogP contribution is 2.37. The van der Waals surface area contributed by atoms with Crippen LogP contribution in [0.25, 0.3) is 10.9 Å². The van der Waals surface area contributed by atoms with Gasteiger partial charge in [-0.05, 0) is 37.1 Å². The summed E-state index contributed by atoms with van der Waals surface area (Å²) in [4.78, 5) is 8.98. The minimum atomic E-state index is -0.235. The van der Waals surface area contributed by atoms with Crippen molar-refractivity contribution in [1.29, 1.82) is 5.26 Å². The summed E-state index contributed by atoms with van der Waals surface area (Å²) < 4.78 is 0. The summed E-state index contributed by atoms with van der Waals surface area (Å²) in [6.45, 7) is 4.10. The van der Waals surface area contributed by atoms with Gasteiger partial charge in [-0.15, -0.1) is 0 Å². The van der Waals surface area contributed by atoms with Gasteiger partial charge in [-0.1, -0.05) is 54.9 Å². The molecule has 5 N–H and O–H groups in total. The number of halogens is 1. The van der Waals surface area contributed by atoms with Crippen LogP contribution in [0.15, 0.2) is 78.9 Å². The molecule has 0 unspecified atom stereocenters. The Hall–Kier alpha value is -4.32. The van der Waals surface area contributed by atoms with E-state index in [1.54, 1.807) is 12.4 Å². The molecule has 8 nitrogen and oxygen atoms in total. The molecule has 2 aromatic heterocycles. The van der Waals surface area contributed by atoms with Gasteiger partial charge in [0.05, 0.1) is 39.6 Å². The second kappa shape index (κ2) is 10.7. The fourth-order valence-corrected chi connectivity index (χ4v) is 4.84. The Morgan fingerprint density at radius 1 is 1.08 bits per heavy atom. The van der Waals surface area contributed by atoms with Crippen LogP contribution < -0.4 is 27.0 Å². The summed E-state index contributed by atoms with van der Waals surface area (Å²) in [5, 5.41) is 18.4. The van der Waals surface area contributed by atoms with Crippen LogP contribution in [0.1, 0.15) is 47.8 Å². The summed E-state index contributed by atoms with van der Waals surface area (Å²) >= 11 is 6.76. The maximum absolute atomic E-state index is 9.93. The van der Waals surface area contributed by atoms with Gasteiger partial charge in [0.15, 0.2) is 0 Å². The second-order valence-corrected chi connectivity index (χ2v) is 9.19. The Kier molecular flexibility index (Phi) is 7.08. The van der Waals surface area contributed by atoms with E-state index in [2.05, 4.69) is 62.1 Å². The highest BCUT2D eigenvalue weighted by atomic mass is 35.5. The Bertz CT molecular complexity index is 1500. The smallest absolute Gasteiger partial charge is 0.103 e. The van der Waals surface area contributed by atoms with E-state index in [-0.39, 0.29) is 12.1 Å². The van der Waals surface area contributed by atoms with E-state index in [9.17, 15) is 5.26 Å². The summed E-state index contributed by atoms with van der Waals surface area (Å²) in [5.41, 5.74) is 15.6. The molecule has 0 fully saturated rings. The van der Waals surface area contributed by atoms with Crippen LogP contribution in [0.2, 0.25) is 5.02 Å². The number of nitrogens with one attached hydrogen (secondary N) is 5. The van der Waals surface area contributed by atoms with Crippen LogP contribution >= 0.6 is 11.6 Å². The van der Waals surface area contributed by atoms with Crippen molar-refractivity contribution in [3.63, 3.8) is 0 Å². The molecule has 3 heterocycles. The Morgan fingerprint density at radius 2 is 1.92 bits per heavy atom. The number of aryl methyl sites for hydroxylation is 1. The van der Waals surface area contributed by atoms with Gasteiger partial charge in [0.2, 0.25) is 0 Å². The van der Waals surface area contributed by atoms with Crippen molar-refractivity contribution in [1.82, 2.24) is 26.4 Å². The SMILES string of the molecule is CC[C@@H](Nc1c(C#N)cnc2c(Cl)cc(N[C@H](C3=CNNN3)c3cccnc3C)cc12)c1ccccc1. The van der Waals surface area contributed by atoms with Crippen molar-refractivity contribution >= 4 is 33.9 Å². The van der Waals surface area contributed by atoms with Crippen LogP contribution in [0.5, 0.6) is 0 Å². The fraction of sp³-hybridized carbons (Fsp3) is 0.179. The number of hydrogen-bond donors (Lipinski definition) is 5. The molecule has 0 spiro atoms. The normalized spacial score (nSPS) is 14.2. The quantitative estimate of drug-likeness (QED) is 0.207. The molecule has 5 rings (SSSR count). The van der Waals surface area contributed by atoms with Gasteiger partial charge in [0.1, 0.15) is 6.07 Å². The number of rotatable bonds is 8. The van der Waals surface area contributed by atoms with Crippen molar-refractivity contribution < 1.29 is 0 Å². The molecule has 1 aliphatic rings. The predicted octanol–water partition coefficient (Wildman–Crippen LogP) is 5.63. The van der Waals surface area contributed by atoms with E-state index in [0.717, 1.165) is 40.0 Å². The number of fused-ring (bicyclic) bond motifs is 1. The monoisotopic (exact) mass is 510 g/mol. The number of pyridine rings is 2. The van der Waals surface area contributed by atoms with Crippen molar-refractivity contribution in [2.75, 3.05) is 10.6 Å². The zero-order valence-electron chi connectivity index (χ0n) is 20.5. The molecular formula is C28H27ClN8. The van der Waals surface area contributed by atoms with Gasteiger partial charge in [0, 0.05) is 40.9 Å². The zero-order valence-corrected chi connectivity index (χ0v) is 21.3.